The molecule has 0 aliphatic rings. The molecule has 86 valence electrons. The Hall–Kier alpha value is -1.88. The predicted molar refractivity (Wildman–Crippen MR) is 70.6 cm³/mol. The Kier molecular flexibility index (Phi) is 3.10. The van der Waals surface area contributed by atoms with Crippen LogP contribution in [0, 0.1) is 10.1 Å². The van der Waals surface area contributed by atoms with E-state index in [1.54, 1.807) is 0 Å². The van der Waals surface area contributed by atoms with Gasteiger partial charge in [0.05, 0.1) is 10.6 Å². The van der Waals surface area contributed by atoms with Crippen molar-refractivity contribution in [3.8, 4) is 11.1 Å². The maximum Gasteiger partial charge on any atom is 0.271 e. The molecule has 0 spiro atoms. The van der Waals surface area contributed by atoms with Crippen molar-refractivity contribution < 1.29 is 4.92 Å². The van der Waals surface area contributed by atoms with Crippen LogP contribution in [0.3, 0.4) is 0 Å². The highest BCUT2D eigenvalue weighted by Crippen LogP contribution is 2.35. The van der Waals surface area contributed by atoms with Crippen molar-refractivity contribution in [1.29, 1.82) is 0 Å². The summed E-state index contributed by atoms with van der Waals surface area (Å²) in [4.78, 5) is 10.4. The van der Waals surface area contributed by atoms with Gasteiger partial charge in [-0.25, -0.2) is 0 Å². The van der Waals surface area contributed by atoms with Crippen LogP contribution in [0.4, 0.5) is 11.4 Å². The molecule has 2 aromatic carbocycles. The molecule has 4 nitrogen and oxygen atoms in total. The molecule has 2 N–H and O–H groups in total. The Bertz CT molecular complexity index is 570. The van der Waals surface area contributed by atoms with Crippen LogP contribution >= 0.6 is 15.9 Å². The molecule has 0 atom stereocenters. The first-order valence-corrected chi connectivity index (χ1v) is 5.67. The lowest BCUT2D eigenvalue weighted by Gasteiger charge is -2.07. The zero-order valence-electron chi connectivity index (χ0n) is 8.76. The van der Waals surface area contributed by atoms with E-state index in [1.165, 1.54) is 12.1 Å². The molecular formula is C12H9BrN2O2. The Morgan fingerprint density at radius 1 is 1.18 bits per heavy atom. The van der Waals surface area contributed by atoms with Crippen LogP contribution in [0.5, 0.6) is 0 Å². The first kappa shape index (κ1) is 11.6. The fraction of sp³-hybridized carbons (Fsp3) is 0. The van der Waals surface area contributed by atoms with Gasteiger partial charge >= 0.3 is 0 Å². The smallest absolute Gasteiger partial charge is 0.271 e. The van der Waals surface area contributed by atoms with Gasteiger partial charge in [-0.2, -0.15) is 0 Å². The highest BCUT2D eigenvalue weighted by atomic mass is 79.9. The van der Waals surface area contributed by atoms with Crippen molar-refractivity contribution in [2.75, 3.05) is 5.73 Å². The van der Waals surface area contributed by atoms with Crippen LogP contribution in [0.15, 0.2) is 46.9 Å². The normalized spacial score (nSPS) is 10.2. The highest BCUT2D eigenvalue weighted by Gasteiger charge is 2.14. The molecule has 0 unspecified atom stereocenters. The Morgan fingerprint density at radius 3 is 2.41 bits per heavy atom. The molecule has 5 heteroatoms. The summed E-state index contributed by atoms with van der Waals surface area (Å²) in [5.74, 6) is 0. The van der Waals surface area contributed by atoms with E-state index in [1.807, 2.05) is 30.3 Å². The number of nitrogen functional groups attached to an aromatic ring is 1. The Balaban J connectivity index is 2.65. The third-order valence-electron chi connectivity index (χ3n) is 2.41. The van der Waals surface area contributed by atoms with Gasteiger partial charge in [-0.15, -0.1) is 0 Å². The van der Waals surface area contributed by atoms with E-state index in [9.17, 15) is 10.1 Å². The average molecular weight is 293 g/mol. The van der Waals surface area contributed by atoms with E-state index in [0.29, 0.717) is 15.7 Å². The van der Waals surface area contributed by atoms with E-state index < -0.39 is 4.92 Å². The van der Waals surface area contributed by atoms with Crippen LogP contribution < -0.4 is 5.73 Å². The third kappa shape index (κ3) is 2.29. The number of nitrogens with zero attached hydrogens (tertiary/aromatic N) is 1. The topological polar surface area (TPSA) is 69.2 Å². The summed E-state index contributed by atoms with van der Waals surface area (Å²) < 4.78 is 0.533. The second-order valence-corrected chi connectivity index (χ2v) is 4.37. The number of hydrogen-bond acceptors (Lipinski definition) is 3. The molecule has 2 aromatic rings. The SMILES string of the molecule is Nc1c(Br)cc([N+](=O)[O-])cc1-c1ccccc1. The quantitative estimate of drug-likeness (QED) is 0.522. The lowest BCUT2D eigenvalue weighted by molar-refractivity contribution is -0.384. The standard InChI is InChI=1S/C12H9BrN2O2/c13-11-7-9(15(16)17)6-10(12(11)14)8-4-2-1-3-5-8/h1-7H,14H2. The van der Waals surface area contributed by atoms with Crippen molar-refractivity contribution in [2.24, 2.45) is 0 Å². The van der Waals surface area contributed by atoms with Crippen LogP contribution in [0.2, 0.25) is 0 Å². The summed E-state index contributed by atoms with van der Waals surface area (Å²) in [5.41, 5.74) is 7.95. The van der Waals surface area contributed by atoms with Crippen molar-refractivity contribution in [2.45, 2.75) is 0 Å². The van der Waals surface area contributed by atoms with E-state index in [2.05, 4.69) is 15.9 Å². The number of nitro groups is 1. The van der Waals surface area contributed by atoms with Gasteiger partial charge in [0, 0.05) is 22.2 Å². The second-order valence-electron chi connectivity index (χ2n) is 3.51. The van der Waals surface area contributed by atoms with Gasteiger partial charge in [0.2, 0.25) is 0 Å². The molecule has 0 saturated heterocycles. The summed E-state index contributed by atoms with van der Waals surface area (Å²) in [6, 6.07) is 12.2. The third-order valence-corrected chi connectivity index (χ3v) is 3.07. The molecular weight excluding hydrogens is 284 g/mol. The molecule has 0 saturated carbocycles. The highest BCUT2D eigenvalue weighted by molar-refractivity contribution is 9.10. The first-order valence-electron chi connectivity index (χ1n) is 4.88. The summed E-state index contributed by atoms with van der Waals surface area (Å²) in [6.07, 6.45) is 0. The summed E-state index contributed by atoms with van der Waals surface area (Å²) in [6.45, 7) is 0. The fourth-order valence-corrected chi connectivity index (χ4v) is 2.01. The maximum absolute atomic E-state index is 10.8. The lowest BCUT2D eigenvalue weighted by atomic mass is 10.0. The lowest BCUT2D eigenvalue weighted by Crippen LogP contribution is -1.95. The van der Waals surface area contributed by atoms with E-state index in [0.717, 1.165) is 5.56 Å². The van der Waals surface area contributed by atoms with Crippen LogP contribution in [0.1, 0.15) is 0 Å². The number of hydrogen-bond donors (Lipinski definition) is 1. The molecule has 0 aliphatic heterocycles. The van der Waals surface area contributed by atoms with E-state index in [4.69, 9.17) is 5.73 Å². The van der Waals surface area contributed by atoms with Crippen molar-refractivity contribution in [3.05, 3.63) is 57.1 Å². The Morgan fingerprint density at radius 2 is 1.82 bits per heavy atom. The van der Waals surface area contributed by atoms with Crippen LogP contribution in [-0.2, 0) is 0 Å². The van der Waals surface area contributed by atoms with E-state index >= 15 is 0 Å². The number of anilines is 1. The largest absolute Gasteiger partial charge is 0.397 e. The van der Waals surface area contributed by atoms with Gasteiger partial charge in [-0.1, -0.05) is 30.3 Å². The minimum atomic E-state index is -0.434. The monoisotopic (exact) mass is 292 g/mol. The van der Waals surface area contributed by atoms with Gasteiger partial charge in [-0.05, 0) is 21.5 Å². The molecule has 0 amide bonds. The second kappa shape index (κ2) is 4.55. The van der Waals surface area contributed by atoms with Gasteiger partial charge < -0.3 is 5.73 Å². The zero-order chi connectivity index (χ0) is 12.4. The number of benzene rings is 2. The summed E-state index contributed by atoms with van der Waals surface area (Å²) >= 11 is 3.23. The fourth-order valence-electron chi connectivity index (χ4n) is 1.57. The Labute approximate surface area is 106 Å². The molecule has 0 aromatic heterocycles. The van der Waals surface area contributed by atoms with Gasteiger partial charge in [0.25, 0.3) is 5.69 Å². The van der Waals surface area contributed by atoms with Crippen molar-refractivity contribution in [1.82, 2.24) is 0 Å². The van der Waals surface area contributed by atoms with Gasteiger partial charge in [0.15, 0.2) is 0 Å². The number of rotatable bonds is 2. The molecule has 0 radical (unpaired) electrons. The molecule has 0 heterocycles. The number of nitro benzene ring substituents is 1. The van der Waals surface area contributed by atoms with Crippen molar-refractivity contribution >= 4 is 27.3 Å². The first-order chi connectivity index (χ1) is 8.09. The minimum absolute atomic E-state index is 0.0185. The molecule has 0 aliphatic carbocycles. The van der Waals surface area contributed by atoms with Crippen molar-refractivity contribution in [3.63, 3.8) is 0 Å². The number of halogens is 1. The zero-order valence-corrected chi connectivity index (χ0v) is 10.3. The molecule has 0 bridgehead atoms. The number of non-ortho nitro benzene ring substituents is 1. The number of nitrogens with two attached hydrogens (primary N) is 1. The van der Waals surface area contributed by atoms with Gasteiger partial charge in [-0.3, -0.25) is 10.1 Å². The molecule has 2 rings (SSSR count). The average Bonchev–Trinajstić information content (AvgIpc) is 2.33. The molecule has 0 fully saturated rings. The predicted octanol–water partition coefficient (Wildman–Crippen LogP) is 3.61. The molecule has 17 heavy (non-hydrogen) atoms. The summed E-state index contributed by atoms with van der Waals surface area (Å²) in [5, 5.41) is 10.8. The summed E-state index contributed by atoms with van der Waals surface area (Å²) in [7, 11) is 0. The van der Waals surface area contributed by atoms with E-state index in [-0.39, 0.29) is 5.69 Å². The minimum Gasteiger partial charge on any atom is -0.397 e. The van der Waals surface area contributed by atoms with Gasteiger partial charge in [0.1, 0.15) is 0 Å². The van der Waals surface area contributed by atoms with Crippen LogP contribution in [-0.4, -0.2) is 4.92 Å². The maximum atomic E-state index is 10.8. The van der Waals surface area contributed by atoms with Crippen LogP contribution in [0.25, 0.3) is 11.1 Å².